The van der Waals surface area contributed by atoms with Crippen LogP contribution in [0.2, 0.25) is 0 Å². The number of aromatic hydroxyl groups is 1. The topological polar surface area (TPSA) is 107 Å². The molecule has 0 fully saturated rings. The van der Waals surface area contributed by atoms with Gasteiger partial charge < -0.3 is 14.0 Å². The zero-order valence-electron chi connectivity index (χ0n) is 22.6. The first kappa shape index (κ1) is 28.3. The van der Waals surface area contributed by atoms with Crippen LogP contribution in [-0.2, 0) is 14.9 Å². The summed E-state index contributed by atoms with van der Waals surface area (Å²) >= 11 is 0. The lowest BCUT2D eigenvalue weighted by molar-refractivity contribution is 0.0522. The number of esters is 1. The molecule has 0 atom stereocenters. The van der Waals surface area contributed by atoms with Crippen LogP contribution >= 0.6 is 0 Å². The summed E-state index contributed by atoms with van der Waals surface area (Å²) in [6.45, 7) is 1.71. The summed E-state index contributed by atoms with van der Waals surface area (Å²) in [5.74, 6) is -1.57. The number of ketones is 1. The van der Waals surface area contributed by atoms with E-state index >= 15 is 0 Å². The molecule has 0 spiro atoms. The summed E-state index contributed by atoms with van der Waals surface area (Å²) in [6, 6.07) is 33.3. The highest BCUT2D eigenvalue weighted by atomic mass is 32.2. The quantitative estimate of drug-likeness (QED) is 0.115. The molecule has 0 radical (unpaired) electrons. The first-order valence-electron chi connectivity index (χ1n) is 13.1. The number of rotatable bonds is 9. The van der Waals surface area contributed by atoms with Crippen molar-refractivity contribution in [2.75, 3.05) is 6.61 Å². The van der Waals surface area contributed by atoms with Crippen LogP contribution in [0.4, 0.5) is 0 Å². The van der Waals surface area contributed by atoms with Gasteiger partial charge in [-0.2, -0.15) is 8.42 Å². The van der Waals surface area contributed by atoms with Gasteiger partial charge in [0.1, 0.15) is 16.2 Å². The zero-order valence-corrected chi connectivity index (χ0v) is 23.4. The van der Waals surface area contributed by atoms with Gasteiger partial charge in [0.15, 0.2) is 11.5 Å². The summed E-state index contributed by atoms with van der Waals surface area (Å²) in [4.78, 5) is 25.3. The highest BCUT2D eigenvalue weighted by Crippen LogP contribution is 2.42. The van der Waals surface area contributed by atoms with Crippen molar-refractivity contribution in [1.29, 1.82) is 0 Å². The van der Waals surface area contributed by atoms with Crippen molar-refractivity contribution in [3.63, 3.8) is 0 Å². The Labute approximate surface area is 243 Å². The molecule has 7 nitrogen and oxygen atoms in total. The van der Waals surface area contributed by atoms with E-state index in [-0.39, 0.29) is 28.6 Å². The molecule has 0 aliphatic rings. The molecule has 0 unspecified atom stereocenters. The highest BCUT2D eigenvalue weighted by Gasteiger charge is 2.26. The van der Waals surface area contributed by atoms with Crippen LogP contribution in [0.25, 0.3) is 22.3 Å². The lowest BCUT2D eigenvalue weighted by Crippen LogP contribution is -2.13. The standard InChI is InChI=1S/C34H26O7S/c1-2-40-34(37)28-19-18-27(22-31(28)35)42(38,39)41-33-29(23-12-6-3-7-13-23)20-26(32(36)25-16-10-5-11-17-25)21-30(33)24-14-8-4-9-15-24/h3-22,35H,2H2,1H3. The highest BCUT2D eigenvalue weighted by molar-refractivity contribution is 7.87. The van der Waals surface area contributed by atoms with Crippen molar-refractivity contribution < 1.29 is 32.0 Å². The molecule has 0 aliphatic carbocycles. The maximum Gasteiger partial charge on any atom is 0.341 e. The van der Waals surface area contributed by atoms with E-state index in [2.05, 4.69) is 0 Å². The van der Waals surface area contributed by atoms with Crippen molar-refractivity contribution in [2.24, 2.45) is 0 Å². The lowest BCUT2D eigenvalue weighted by atomic mass is 9.92. The number of carbonyl (C=O) groups excluding carboxylic acids is 2. The summed E-state index contributed by atoms with van der Waals surface area (Å²) in [6.07, 6.45) is 0. The van der Waals surface area contributed by atoms with Gasteiger partial charge in [-0.25, -0.2) is 4.79 Å². The van der Waals surface area contributed by atoms with Gasteiger partial charge in [0, 0.05) is 28.3 Å². The Bertz CT molecular complexity index is 1790. The number of phenols is 1. The average molecular weight is 579 g/mol. The van der Waals surface area contributed by atoms with E-state index in [1.807, 2.05) is 18.2 Å². The van der Waals surface area contributed by atoms with Gasteiger partial charge in [-0.1, -0.05) is 91.0 Å². The van der Waals surface area contributed by atoms with Crippen molar-refractivity contribution >= 4 is 21.9 Å². The first-order valence-corrected chi connectivity index (χ1v) is 14.5. The van der Waals surface area contributed by atoms with Crippen LogP contribution in [0.1, 0.15) is 33.2 Å². The van der Waals surface area contributed by atoms with Gasteiger partial charge in [-0.3, -0.25) is 4.79 Å². The number of hydrogen-bond donors (Lipinski definition) is 1. The lowest BCUT2D eigenvalue weighted by Gasteiger charge is -2.18. The van der Waals surface area contributed by atoms with Crippen molar-refractivity contribution in [3.8, 4) is 33.8 Å². The third-order valence-electron chi connectivity index (χ3n) is 6.50. The predicted molar refractivity (Wildman–Crippen MR) is 159 cm³/mol. The largest absolute Gasteiger partial charge is 0.507 e. The van der Waals surface area contributed by atoms with Gasteiger partial charge >= 0.3 is 16.1 Å². The molecule has 0 bridgehead atoms. The Hall–Kier alpha value is -5.21. The van der Waals surface area contributed by atoms with Crippen LogP contribution in [0, 0.1) is 0 Å². The first-order chi connectivity index (χ1) is 20.3. The normalized spacial score (nSPS) is 11.1. The second-order valence-electron chi connectivity index (χ2n) is 9.26. The number of ether oxygens (including phenoxy) is 1. The Morgan fingerprint density at radius 2 is 1.21 bits per heavy atom. The van der Waals surface area contributed by atoms with Crippen molar-refractivity contribution in [3.05, 3.63) is 138 Å². The molecule has 210 valence electrons. The fourth-order valence-electron chi connectivity index (χ4n) is 4.48. The summed E-state index contributed by atoms with van der Waals surface area (Å²) in [5, 5.41) is 10.4. The molecule has 42 heavy (non-hydrogen) atoms. The van der Waals surface area contributed by atoms with Crippen LogP contribution in [0.5, 0.6) is 11.5 Å². The minimum atomic E-state index is -4.53. The second kappa shape index (κ2) is 12.1. The summed E-state index contributed by atoms with van der Waals surface area (Å²) in [5.41, 5.74) is 2.68. The fraction of sp³-hybridized carbons (Fsp3) is 0.0588. The van der Waals surface area contributed by atoms with Crippen molar-refractivity contribution in [2.45, 2.75) is 11.8 Å². The van der Waals surface area contributed by atoms with E-state index in [4.69, 9.17) is 8.92 Å². The predicted octanol–water partition coefficient (Wildman–Crippen LogP) is 6.90. The Kier molecular flexibility index (Phi) is 8.17. The monoisotopic (exact) mass is 578 g/mol. The van der Waals surface area contributed by atoms with Crippen LogP contribution < -0.4 is 4.18 Å². The Morgan fingerprint density at radius 1 is 0.690 bits per heavy atom. The second-order valence-corrected chi connectivity index (χ2v) is 10.8. The molecule has 0 amide bonds. The van der Waals surface area contributed by atoms with E-state index < -0.39 is 21.8 Å². The van der Waals surface area contributed by atoms with Crippen molar-refractivity contribution in [1.82, 2.24) is 0 Å². The van der Waals surface area contributed by atoms with E-state index in [0.29, 0.717) is 33.4 Å². The Morgan fingerprint density at radius 3 is 1.71 bits per heavy atom. The van der Waals surface area contributed by atoms with Gasteiger partial charge in [-0.05, 0) is 42.3 Å². The van der Waals surface area contributed by atoms with Crippen LogP contribution in [-0.4, -0.2) is 31.9 Å². The maximum atomic E-state index is 13.7. The molecule has 0 aliphatic heterocycles. The molecule has 0 heterocycles. The molecule has 5 aromatic carbocycles. The number of phenolic OH excluding ortho intramolecular Hbond substituents is 1. The fourth-order valence-corrected chi connectivity index (χ4v) is 5.46. The van der Waals surface area contributed by atoms with E-state index in [1.54, 1.807) is 91.9 Å². The molecular weight excluding hydrogens is 552 g/mol. The molecule has 0 saturated heterocycles. The molecule has 5 aromatic rings. The number of hydrogen-bond acceptors (Lipinski definition) is 7. The Balaban J connectivity index is 1.69. The number of carbonyl (C=O) groups is 2. The van der Waals surface area contributed by atoms with E-state index in [1.165, 1.54) is 12.1 Å². The summed E-state index contributed by atoms with van der Waals surface area (Å²) in [7, 11) is -4.53. The SMILES string of the molecule is CCOC(=O)c1ccc(S(=O)(=O)Oc2c(-c3ccccc3)cc(C(=O)c3ccccc3)cc2-c2ccccc2)cc1O. The smallest absolute Gasteiger partial charge is 0.341 e. The minimum absolute atomic E-state index is 0.00553. The molecule has 0 aromatic heterocycles. The minimum Gasteiger partial charge on any atom is -0.507 e. The van der Waals surface area contributed by atoms with E-state index in [0.717, 1.165) is 6.07 Å². The van der Waals surface area contributed by atoms with Gasteiger partial charge in [-0.15, -0.1) is 0 Å². The molecule has 1 N–H and O–H groups in total. The molecule has 0 saturated carbocycles. The van der Waals surface area contributed by atoms with Gasteiger partial charge in [0.25, 0.3) is 0 Å². The summed E-state index contributed by atoms with van der Waals surface area (Å²) < 4.78 is 38.1. The van der Waals surface area contributed by atoms with Gasteiger partial charge in [0.2, 0.25) is 0 Å². The third kappa shape index (κ3) is 5.94. The molecule has 8 heteroatoms. The number of benzene rings is 5. The van der Waals surface area contributed by atoms with E-state index in [9.17, 15) is 23.1 Å². The van der Waals surface area contributed by atoms with Crippen LogP contribution in [0.15, 0.2) is 126 Å². The van der Waals surface area contributed by atoms with Gasteiger partial charge in [0.05, 0.1) is 6.61 Å². The third-order valence-corrected chi connectivity index (χ3v) is 7.72. The average Bonchev–Trinajstić information content (AvgIpc) is 3.02. The molecular formula is C34H26O7S. The molecule has 5 rings (SSSR count). The maximum absolute atomic E-state index is 13.7. The van der Waals surface area contributed by atoms with Crippen LogP contribution in [0.3, 0.4) is 0 Å². The zero-order chi connectivity index (χ0) is 29.7.